The fourth-order valence-corrected chi connectivity index (χ4v) is 1.89. The van der Waals surface area contributed by atoms with E-state index in [4.69, 9.17) is 15.3 Å². The molecule has 3 N–H and O–H groups in total. The highest BCUT2D eigenvalue weighted by Crippen LogP contribution is 2.18. The van der Waals surface area contributed by atoms with Crippen LogP contribution in [0.15, 0.2) is 36.5 Å². The summed E-state index contributed by atoms with van der Waals surface area (Å²) in [6.45, 7) is 1.65. The number of hydrazine groups is 1. The van der Waals surface area contributed by atoms with Gasteiger partial charge in [-0.25, -0.2) is 0 Å². The average Bonchev–Trinajstić information content (AvgIpc) is 2.47. The molecule has 1 aromatic carbocycles. The molecule has 102 valence electrons. The molecule has 0 saturated heterocycles. The first-order valence-electron chi connectivity index (χ1n) is 6.22. The van der Waals surface area contributed by atoms with E-state index in [-0.39, 0.29) is 6.04 Å². The van der Waals surface area contributed by atoms with Gasteiger partial charge in [-0.2, -0.15) is 0 Å². The van der Waals surface area contributed by atoms with E-state index in [0.29, 0.717) is 19.8 Å². The highest BCUT2D eigenvalue weighted by atomic mass is 16.5. The van der Waals surface area contributed by atoms with Crippen LogP contribution >= 0.6 is 0 Å². The number of pyridine rings is 1. The molecule has 1 aromatic heterocycles. The van der Waals surface area contributed by atoms with Gasteiger partial charge in [0.15, 0.2) is 0 Å². The highest BCUT2D eigenvalue weighted by Gasteiger charge is 2.10. The number of hydrogen-bond donors (Lipinski definition) is 2. The van der Waals surface area contributed by atoms with Crippen molar-refractivity contribution >= 4 is 10.9 Å². The lowest BCUT2D eigenvalue weighted by atomic mass is 10.1. The minimum atomic E-state index is -0.0403. The van der Waals surface area contributed by atoms with Gasteiger partial charge in [-0.15, -0.1) is 0 Å². The molecule has 0 saturated carbocycles. The Morgan fingerprint density at radius 3 is 3.00 bits per heavy atom. The van der Waals surface area contributed by atoms with Crippen molar-refractivity contribution in [2.75, 3.05) is 26.9 Å². The SMILES string of the molecule is COCCOCC(NN)c1ccc2ncccc2c1. The zero-order chi connectivity index (χ0) is 13.5. The quantitative estimate of drug-likeness (QED) is 0.448. The summed E-state index contributed by atoms with van der Waals surface area (Å²) in [7, 11) is 1.65. The third kappa shape index (κ3) is 3.71. The van der Waals surface area contributed by atoms with Crippen LogP contribution in [0.5, 0.6) is 0 Å². The van der Waals surface area contributed by atoms with Crippen LogP contribution in [-0.4, -0.2) is 31.9 Å². The molecule has 5 heteroatoms. The van der Waals surface area contributed by atoms with E-state index in [2.05, 4.69) is 16.5 Å². The Kier molecular flexibility index (Phi) is 5.23. The molecule has 0 bridgehead atoms. The lowest BCUT2D eigenvalue weighted by molar-refractivity contribution is 0.0586. The molecule has 0 amide bonds. The van der Waals surface area contributed by atoms with Gasteiger partial charge in [-0.1, -0.05) is 12.1 Å². The summed E-state index contributed by atoms with van der Waals surface area (Å²) in [6.07, 6.45) is 1.79. The van der Waals surface area contributed by atoms with Crippen molar-refractivity contribution in [3.05, 3.63) is 42.1 Å². The molecule has 0 fully saturated rings. The summed E-state index contributed by atoms with van der Waals surface area (Å²) in [5.74, 6) is 5.59. The number of nitrogens with two attached hydrogens (primary N) is 1. The van der Waals surface area contributed by atoms with Crippen molar-refractivity contribution in [3.63, 3.8) is 0 Å². The van der Waals surface area contributed by atoms with Gasteiger partial charge >= 0.3 is 0 Å². The van der Waals surface area contributed by atoms with Gasteiger partial charge in [0.25, 0.3) is 0 Å². The Balaban J connectivity index is 2.07. The first-order valence-corrected chi connectivity index (χ1v) is 6.22. The summed E-state index contributed by atoms with van der Waals surface area (Å²) >= 11 is 0. The summed E-state index contributed by atoms with van der Waals surface area (Å²) in [6, 6.07) is 9.99. The van der Waals surface area contributed by atoms with Gasteiger partial charge in [0.2, 0.25) is 0 Å². The van der Waals surface area contributed by atoms with Gasteiger partial charge in [-0.05, 0) is 23.8 Å². The standard InChI is InChI=1S/C14H19N3O2/c1-18-7-8-19-10-14(17-15)12-4-5-13-11(9-12)3-2-6-16-13/h2-6,9,14,17H,7-8,10,15H2,1H3. The maximum Gasteiger partial charge on any atom is 0.0702 e. The lowest BCUT2D eigenvalue weighted by Crippen LogP contribution is -2.31. The van der Waals surface area contributed by atoms with E-state index in [1.807, 2.05) is 24.3 Å². The largest absolute Gasteiger partial charge is 0.382 e. The molecule has 0 aliphatic rings. The van der Waals surface area contributed by atoms with Crippen molar-refractivity contribution in [3.8, 4) is 0 Å². The van der Waals surface area contributed by atoms with Crippen LogP contribution in [0, 0.1) is 0 Å². The molecule has 0 aliphatic carbocycles. The van der Waals surface area contributed by atoms with E-state index >= 15 is 0 Å². The van der Waals surface area contributed by atoms with Crippen LogP contribution < -0.4 is 11.3 Å². The van der Waals surface area contributed by atoms with Crippen molar-refractivity contribution in [2.45, 2.75) is 6.04 Å². The zero-order valence-electron chi connectivity index (χ0n) is 11.0. The third-order valence-electron chi connectivity index (χ3n) is 2.95. The van der Waals surface area contributed by atoms with E-state index in [9.17, 15) is 0 Å². The second-order valence-electron chi connectivity index (χ2n) is 4.24. The van der Waals surface area contributed by atoms with Gasteiger partial charge < -0.3 is 9.47 Å². The van der Waals surface area contributed by atoms with Crippen LogP contribution in [0.1, 0.15) is 11.6 Å². The van der Waals surface area contributed by atoms with Crippen LogP contribution in [0.4, 0.5) is 0 Å². The van der Waals surface area contributed by atoms with E-state index in [0.717, 1.165) is 16.5 Å². The fourth-order valence-electron chi connectivity index (χ4n) is 1.89. The fraction of sp³-hybridized carbons (Fsp3) is 0.357. The highest BCUT2D eigenvalue weighted by molar-refractivity contribution is 5.79. The molecule has 19 heavy (non-hydrogen) atoms. The number of benzene rings is 1. The Bertz CT molecular complexity index is 519. The molecule has 2 aromatic rings. The summed E-state index contributed by atoms with van der Waals surface area (Å²) < 4.78 is 10.4. The minimum Gasteiger partial charge on any atom is -0.382 e. The summed E-state index contributed by atoms with van der Waals surface area (Å²) in [4.78, 5) is 4.29. The Hall–Kier alpha value is -1.53. The maximum absolute atomic E-state index is 5.59. The van der Waals surface area contributed by atoms with Gasteiger partial charge in [0.1, 0.15) is 0 Å². The van der Waals surface area contributed by atoms with Crippen LogP contribution in [0.2, 0.25) is 0 Å². The number of ether oxygens (including phenoxy) is 2. The first kappa shape index (κ1) is 13.9. The molecule has 0 aliphatic heterocycles. The number of nitrogens with one attached hydrogen (secondary N) is 1. The van der Waals surface area contributed by atoms with Crippen molar-refractivity contribution in [2.24, 2.45) is 5.84 Å². The van der Waals surface area contributed by atoms with Gasteiger partial charge in [0, 0.05) is 18.7 Å². The molecule has 1 heterocycles. The number of hydrogen-bond acceptors (Lipinski definition) is 5. The Morgan fingerprint density at radius 1 is 1.32 bits per heavy atom. The number of fused-ring (bicyclic) bond motifs is 1. The smallest absolute Gasteiger partial charge is 0.0702 e. The molecular formula is C14H19N3O2. The monoisotopic (exact) mass is 261 g/mol. The predicted molar refractivity (Wildman–Crippen MR) is 74.5 cm³/mol. The molecule has 1 atom stereocenters. The number of methoxy groups -OCH3 is 1. The molecule has 2 rings (SSSR count). The van der Waals surface area contributed by atoms with E-state index < -0.39 is 0 Å². The van der Waals surface area contributed by atoms with Crippen molar-refractivity contribution in [1.82, 2.24) is 10.4 Å². The molecule has 0 radical (unpaired) electrons. The summed E-state index contributed by atoms with van der Waals surface area (Å²) in [5, 5.41) is 1.09. The molecule has 0 spiro atoms. The Morgan fingerprint density at radius 2 is 2.21 bits per heavy atom. The number of aromatic nitrogens is 1. The second kappa shape index (κ2) is 7.16. The van der Waals surface area contributed by atoms with Crippen LogP contribution in [0.25, 0.3) is 10.9 Å². The predicted octanol–water partition coefficient (Wildman–Crippen LogP) is 1.40. The second-order valence-corrected chi connectivity index (χ2v) is 4.24. The average molecular weight is 261 g/mol. The van der Waals surface area contributed by atoms with E-state index in [1.54, 1.807) is 13.3 Å². The van der Waals surface area contributed by atoms with Crippen LogP contribution in [-0.2, 0) is 9.47 Å². The number of rotatable bonds is 7. The lowest BCUT2D eigenvalue weighted by Gasteiger charge is -2.17. The topological polar surface area (TPSA) is 69.4 Å². The van der Waals surface area contributed by atoms with Crippen molar-refractivity contribution < 1.29 is 9.47 Å². The Labute approximate surface area is 112 Å². The normalized spacial score (nSPS) is 12.7. The maximum atomic E-state index is 5.59. The minimum absolute atomic E-state index is 0.0403. The zero-order valence-corrected chi connectivity index (χ0v) is 11.0. The molecular weight excluding hydrogens is 242 g/mol. The number of nitrogens with zero attached hydrogens (tertiary/aromatic N) is 1. The summed E-state index contributed by atoms with van der Waals surface area (Å²) in [5.41, 5.74) is 4.83. The van der Waals surface area contributed by atoms with Crippen LogP contribution in [0.3, 0.4) is 0 Å². The third-order valence-corrected chi connectivity index (χ3v) is 2.95. The van der Waals surface area contributed by atoms with Gasteiger partial charge in [0.05, 0.1) is 31.4 Å². The molecule has 5 nitrogen and oxygen atoms in total. The first-order chi connectivity index (χ1) is 9.35. The van der Waals surface area contributed by atoms with Gasteiger partial charge in [-0.3, -0.25) is 16.3 Å². The van der Waals surface area contributed by atoms with E-state index in [1.165, 1.54) is 0 Å². The molecule has 1 unspecified atom stereocenters. The van der Waals surface area contributed by atoms with Crippen molar-refractivity contribution in [1.29, 1.82) is 0 Å².